The summed E-state index contributed by atoms with van der Waals surface area (Å²) < 4.78 is 42.8. The van der Waals surface area contributed by atoms with Crippen molar-refractivity contribution in [3.63, 3.8) is 0 Å². The molecule has 0 amide bonds. The number of aldehydes is 1. The molecule has 0 radical (unpaired) electrons. The van der Waals surface area contributed by atoms with Crippen molar-refractivity contribution < 1.29 is 27.5 Å². The van der Waals surface area contributed by atoms with Crippen molar-refractivity contribution >= 4 is 12.3 Å². The summed E-state index contributed by atoms with van der Waals surface area (Å²) in [6, 6.07) is 2.72. The van der Waals surface area contributed by atoms with Gasteiger partial charge in [-0.1, -0.05) is 12.1 Å². The molecule has 0 aliphatic heterocycles. The van der Waals surface area contributed by atoms with E-state index in [9.17, 15) is 22.8 Å². The second-order valence-electron chi connectivity index (χ2n) is 5.84. The number of ether oxygens (including phenoxy) is 1. The first kappa shape index (κ1) is 18.2. The van der Waals surface area contributed by atoms with Crippen LogP contribution in [0, 0.1) is 0 Å². The lowest BCUT2D eigenvalue weighted by molar-refractivity contribution is -0.157. The third kappa shape index (κ3) is 4.84. The molecule has 4 nitrogen and oxygen atoms in total. The summed E-state index contributed by atoms with van der Waals surface area (Å²) >= 11 is 0. The highest BCUT2D eigenvalue weighted by atomic mass is 19.4. The van der Waals surface area contributed by atoms with Crippen molar-refractivity contribution in [2.75, 3.05) is 0 Å². The SMILES string of the molecule is CC(C)(C)OC(=O)C(c1ccc(C(F)(F)F)cc1)C(N)C=O. The smallest absolute Gasteiger partial charge is 0.416 e. The van der Waals surface area contributed by atoms with E-state index in [1.807, 2.05) is 0 Å². The minimum absolute atomic E-state index is 0.196. The molecule has 1 aromatic rings. The van der Waals surface area contributed by atoms with E-state index in [4.69, 9.17) is 10.5 Å². The highest BCUT2D eigenvalue weighted by molar-refractivity contribution is 5.84. The van der Waals surface area contributed by atoms with Gasteiger partial charge in [0.15, 0.2) is 0 Å². The second kappa shape index (κ2) is 6.48. The number of rotatable bonds is 4. The molecule has 0 aliphatic rings. The van der Waals surface area contributed by atoms with E-state index in [2.05, 4.69) is 0 Å². The minimum Gasteiger partial charge on any atom is -0.459 e. The second-order valence-corrected chi connectivity index (χ2v) is 5.84. The summed E-state index contributed by atoms with van der Waals surface area (Å²) in [4.78, 5) is 23.1. The number of hydrogen-bond acceptors (Lipinski definition) is 4. The molecule has 1 aromatic carbocycles. The van der Waals surface area contributed by atoms with Crippen molar-refractivity contribution in [1.29, 1.82) is 0 Å². The molecule has 0 heterocycles. The fourth-order valence-electron chi connectivity index (χ4n) is 1.84. The number of carbonyl (C=O) groups is 2. The van der Waals surface area contributed by atoms with Gasteiger partial charge in [0.05, 0.1) is 11.6 Å². The maximum absolute atomic E-state index is 12.6. The van der Waals surface area contributed by atoms with E-state index in [1.165, 1.54) is 0 Å². The van der Waals surface area contributed by atoms with Gasteiger partial charge in [-0.3, -0.25) is 4.79 Å². The lowest BCUT2D eigenvalue weighted by Gasteiger charge is -2.25. The van der Waals surface area contributed by atoms with Crippen LogP contribution in [0.1, 0.15) is 37.8 Å². The molecule has 0 saturated carbocycles. The zero-order valence-corrected chi connectivity index (χ0v) is 12.5. The molecular formula is C15H18F3NO3. The molecule has 2 N–H and O–H groups in total. The van der Waals surface area contributed by atoms with Gasteiger partial charge in [0.1, 0.15) is 17.8 Å². The number of hydrogen-bond donors (Lipinski definition) is 1. The fraction of sp³-hybridized carbons (Fsp3) is 0.467. The van der Waals surface area contributed by atoms with Gasteiger partial charge in [-0.25, -0.2) is 0 Å². The lowest BCUT2D eigenvalue weighted by Crippen LogP contribution is -2.38. The third-order valence-corrected chi connectivity index (χ3v) is 2.80. The van der Waals surface area contributed by atoms with Crippen molar-refractivity contribution in [3.05, 3.63) is 35.4 Å². The molecular weight excluding hydrogens is 299 g/mol. The Bertz CT molecular complexity index is 532. The number of alkyl halides is 3. The minimum atomic E-state index is -4.48. The molecule has 1 rings (SSSR count). The zero-order valence-electron chi connectivity index (χ0n) is 12.5. The quantitative estimate of drug-likeness (QED) is 0.685. The number of nitrogens with two attached hydrogens (primary N) is 1. The average Bonchev–Trinajstić information content (AvgIpc) is 2.36. The van der Waals surface area contributed by atoms with E-state index in [-0.39, 0.29) is 5.56 Å². The van der Waals surface area contributed by atoms with Crippen LogP contribution in [0.25, 0.3) is 0 Å². The van der Waals surface area contributed by atoms with Crippen LogP contribution in [0.4, 0.5) is 13.2 Å². The van der Waals surface area contributed by atoms with E-state index in [0.29, 0.717) is 6.29 Å². The lowest BCUT2D eigenvalue weighted by atomic mass is 9.91. The number of benzene rings is 1. The van der Waals surface area contributed by atoms with E-state index >= 15 is 0 Å². The molecule has 0 aromatic heterocycles. The molecule has 0 spiro atoms. The Morgan fingerprint density at radius 1 is 1.18 bits per heavy atom. The first-order valence-corrected chi connectivity index (χ1v) is 6.56. The first-order chi connectivity index (χ1) is 9.95. The Hall–Kier alpha value is -1.89. The number of esters is 1. The predicted molar refractivity (Wildman–Crippen MR) is 74.1 cm³/mol. The van der Waals surface area contributed by atoms with Crippen LogP contribution in [-0.4, -0.2) is 23.9 Å². The Balaban J connectivity index is 3.13. The molecule has 2 atom stereocenters. The molecule has 22 heavy (non-hydrogen) atoms. The monoisotopic (exact) mass is 317 g/mol. The van der Waals surface area contributed by atoms with Gasteiger partial charge < -0.3 is 15.3 Å². The van der Waals surface area contributed by atoms with Crippen LogP contribution >= 0.6 is 0 Å². The molecule has 0 aliphatic carbocycles. The normalized spacial score (nSPS) is 15.0. The maximum Gasteiger partial charge on any atom is 0.416 e. The highest BCUT2D eigenvalue weighted by Crippen LogP contribution is 2.31. The van der Waals surface area contributed by atoms with E-state index in [0.717, 1.165) is 24.3 Å². The third-order valence-electron chi connectivity index (χ3n) is 2.80. The van der Waals surface area contributed by atoms with E-state index in [1.54, 1.807) is 20.8 Å². The molecule has 0 saturated heterocycles. The molecule has 7 heteroatoms. The van der Waals surface area contributed by atoms with Crippen LogP contribution in [0.3, 0.4) is 0 Å². The van der Waals surface area contributed by atoms with Crippen LogP contribution in [0.2, 0.25) is 0 Å². The largest absolute Gasteiger partial charge is 0.459 e. The summed E-state index contributed by atoms with van der Waals surface area (Å²) in [6.07, 6.45) is -4.11. The molecule has 0 bridgehead atoms. The van der Waals surface area contributed by atoms with Gasteiger partial charge in [-0.2, -0.15) is 13.2 Å². The summed E-state index contributed by atoms with van der Waals surface area (Å²) in [7, 11) is 0. The predicted octanol–water partition coefficient (Wildman–Crippen LogP) is 2.66. The summed E-state index contributed by atoms with van der Waals surface area (Å²) in [5, 5.41) is 0. The van der Waals surface area contributed by atoms with Crippen LogP contribution < -0.4 is 5.73 Å². The Morgan fingerprint density at radius 2 is 1.68 bits per heavy atom. The van der Waals surface area contributed by atoms with Crippen molar-refractivity contribution in [2.24, 2.45) is 5.73 Å². The van der Waals surface area contributed by atoms with Gasteiger partial charge in [0.2, 0.25) is 0 Å². The Labute approximate surface area is 126 Å². The van der Waals surface area contributed by atoms with Crippen LogP contribution in [0.5, 0.6) is 0 Å². The van der Waals surface area contributed by atoms with Crippen LogP contribution in [-0.2, 0) is 20.5 Å². The standard InChI is InChI=1S/C15H18F3NO3/c1-14(2,3)22-13(21)12(11(19)8-20)9-4-6-10(7-5-9)15(16,17)18/h4-8,11-12H,19H2,1-3H3. The van der Waals surface area contributed by atoms with Gasteiger partial charge >= 0.3 is 12.1 Å². The molecule has 122 valence electrons. The first-order valence-electron chi connectivity index (χ1n) is 6.56. The number of halogens is 3. The maximum atomic E-state index is 12.6. The zero-order chi connectivity index (χ0) is 17.1. The molecule has 2 unspecified atom stereocenters. The Kier molecular flexibility index (Phi) is 5.35. The van der Waals surface area contributed by atoms with Crippen molar-refractivity contribution in [1.82, 2.24) is 0 Å². The van der Waals surface area contributed by atoms with Gasteiger partial charge in [0.25, 0.3) is 0 Å². The number of carbonyl (C=O) groups excluding carboxylic acids is 2. The fourth-order valence-corrected chi connectivity index (χ4v) is 1.84. The van der Waals surface area contributed by atoms with Crippen LogP contribution in [0.15, 0.2) is 24.3 Å². The van der Waals surface area contributed by atoms with Crippen molar-refractivity contribution in [3.8, 4) is 0 Å². The Morgan fingerprint density at radius 3 is 2.05 bits per heavy atom. The molecule has 0 fully saturated rings. The van der Waals surface area contributed by atoms with Crippen molar-refractivity contribution in [2.45, 2.75) is 44.5 Å². The van der Waals surface area contributed by atoms with Gasteiger partial charge in [-0.05, 0) is 38.5 Å². The highest BCUT2D eigenvalue weighted by Gasteiger charge is 2.34. The summed E-state index contributed by atoms with van der Waals surface area (Å²) in [5.41, 5.74) is 4.15. The summed E-state index contributed by atoms with van der Waals surface area (Å²) in [5.74, 6) is -1.91. The van der Waals surface area contributed by atoms with Gasteiger partial charge in [-0.15, -0.1) is 0 Å². The van der Waals surface area contributed by atoms with E-state index < -0.39 is 35.3 Å². The summed E-state index contributed by atoms with van der Waals surface area (Å²) in [6.45, 7) is 4.92. The average molecular weight is 317 g/mol. The van der Waals surface area contributed by atoms with Gasteiger partial charge in [0, 0.05) is 0 Å². The topological polar surface area (TPSA) is 69.4 Å².